The smallest absolute Gasteiger partial charge is 0.124 e. The van der Waals surface area contributed by atoms with Crippen LogP contribution >= 0.6 is 22.7 Å². The number of thiazole rings is 2. The summed E-state index contributed by atoms with van der Waals surface area (Å²) in [6.07, 6.45) is 7.10. The maximum atomic E-state index is 8.48. The molecule has 0 radical (unpaired) electrons. The van der Waals surface area contributed by atoms with E-state index in [4.69, 9.17) is 25.4 Å². The lowest BCUT2D eigenvalue weighted by atomic mass is 10.1. The Morgan fingerprint density at radius 1 is 0.667 bits per heavy atom. The molecule has 0 saturated heterocycles. The first kappa shape index (κ1) is 31.6. The molecule has 42 heavy (non-hydrogen) atoms. The van der Waals surface area contributed by atoms with Gasteiger partial charge in [0.25, 0.3) is 0 Å². The lowest BCUT2D eigenvalue weighted by molar-refractivity contribution is 0.795. The fourth-order valence-electron chi connectivity index (χ4n) is 4.72. The van der Waals surface area contributed by atoms with Gasteiger partial charge in [0.15, 0.2) is 0 Å². The van der Waals surface area contributed by atoms with Gasteiger partial charge >= 0.3 is 0 Å². The van der Waals surface area contributed by atoms with Crippen molar-refractivity contribution in [1.82, 2.24) is 9.97 Å². The third-order valence-electron chi connectivity index (χ3n) is 7.30. The SMILES string of the molecule is CCCCc1ccc(-c2nc(C)c(C(C)=NCC(=N)CN=C(C)c3sc(-c4ccc(CCCC)cc4)nc3C)s2)cc1. The van der Waals surface area contributed by atoms with Crippen LogP contribution in [0, 0.1) is 19.3 Å². The summed E-state index contributed by atoms with van der Waals surface area (Å²) in [5, 5.41) is 10.5. The molecular weight excluding hydrogens is 555 g/mol. The van der Waals surface area contributed by atoms with E-state index in [0.29, 0.717) is 18.8 Å². The zero-order valence-electron chi connectivity index (χ0n) is 25.9. The van der Waals surface area contributed by atoms with Crippen LogP contribution in [0.15, 0.2) is 58.5 Å². The molecule has 0 fully saturated rings. The molecule has 4 rings (SSSR count). The Labute approximate surface area is 259 Å². The summed E-state index contributed by atoms with van der Waals surface area (Å²) in [5.41, 5.74) is 9.34. The average molecular weight is 598 g/mol. The van der Waals surface area contributed by atoms with Crippen molar-refractivity contribution in [2.75, 3.05) is 13.1 Å². The van der Waals surface area contributed by atoms with Crippen LogP contribution in [0.5, 0.6) is 0 Å². The first-order valence-electron chi connectivity index (χ1n) is 15.0. The van der Waals surface area contributed by atoms with Crippen LogP contribution in [0.25, 0.3) is 21.1 Å². The van der Waals surface area contributed by atoms with Crippen molar-refractivity contribution in [3.63, 3.8) is 0 Å². The number of unbranched alkanes of at least 4 members (excludes halogenated alkanes) is 2. The number of aromatic nitrogens is 2. The fraction of sp³-hybridized carbons (Fsp3) is 0.400. The normalized spacial score (nSPS) is 12.2. The van der Waals surface area contributed by atoms with Crippen LogP contribution in [-0.4, -0.2) is 40.2 Å². The van der Waals surface area contributed by atoms with Crippen molar-refractivity contribution in [3.8, 4) is 21.1 Å². The molecule has 0 aliphatic heterocycles. The van der Waals surface area contributed by atoms with Crippen molar-refractivity contribution < 1.29 is 0 Å². The molecule has 0 aliphatic rings. The lowest BCUT2D eigenvalue weighted by Gasteiger charge is -2.02. The van der Waals surface area contributed by atoms with Gasteiger partial charge in [0.1, 0.15) is 10.0 Å². The molecule has 2 aromatic heterocycles. The summed E-state index contributed by atoms with van der Waals surface area (Å²) in [6, 6.07) is 17.6. The van der Waals surface area contributed by atoms with Gasteiger partial charge in [0.2, 0.25) is 0 Å². The van der Waals surface area contributed by atoms with Gasteiger partial charge in [-0.1, -0.05) is 75.2 Å². The van der Waals surface area contributed by atoms with Gasteiger partial charge in [-0.15, -0.1) is 22.7 Å². The van der Waals surface area contributed by atoms with E-state index in [2.05, 4.69) is 62.4 Å². The molecular formula is C35H43N5S2. The first-order valence-corrected chi connectivity index (χ1v) is 16.6. The van der Waals surface area contributed by atoms with E-state index < -0.39 is 0 Å². The molecule has 7 heteroatoms. The molecule has 5 nitrogen and oxygen atoms in total. The highest BCUT2D eigenvalue weighted by atomic mass is 32.1. The molecule has 0 saturated carbocycles. The zero-order chi connectivity index (χ0) is 30.1. The van der Waals surface area contributed by atoms with Gasteiger partial charge in [-0.2, -0.15) is 0 Å². The average Bonchev–Trinajstić information content (AvgIpc) is 3.59. The summed E-state index contributed by atoms with van der Waals surface area (Å²) in [7, 11) is 0. The van der Waals surface area contributed by atoms with E-state index in [9.17, 15) is 0 Å². The van der Waals surface area contributed by atoms with Gasteiger partial charge in [0, 0.05) is 11.1 Å². The van der Waals surface area contributed by atoms with Crippen LogP contribution in [0.1, 0.15) is 85.6 Å². The molecule has 0 amide bonds. The summed E-state index contributed by atoms with van der Waals surface area (Å²) < 4.78 is 0. The van der Waals surface area contributed by atoms with Crippen LogP contribution in [0.4, 0.5) is 0 Å². The number of rotatable bonds is 14. The van der Waals surface area contributed by atoms with Crippen LogP contribution in [-0.2, 0) is 12.8 Å². The Morgan fingerprint density at radius 2 is 1.05 bits per heavy atom. The summed E-state index contributed by atoms with van der Waals surface area (Å²) in [6.45, 7) is 13.2. The first-order chi connectivity index (χ1) is 20.3. The molecule has 0 atom stereocenters. The Bertz CT molecular complexity index is 1420. The number of aliphatic imine (C=N–C) groups is 2. The van der Waals surface area contributed by atoms with E-state index in [1.165, 1.54) is 36.8 Å². The van der Waals surface area contributed by atoms with E-state index in [0.717, 1.165) is 66.5 Å². The number of nitrogens with one attached hydrogen (secondary N) is 1. The summed E-state index contributed by atoms with van der Waals surface area (Å²) in [4.78, 5) is 21.3. The van der Waals surface area contributed by atoms with Gasteiger partial charge < -0.3 is 5.41 Å². The van der Waals surface area contributed by atoms with E-state index in [-0.39, 0.29) is 0 Å². The van der Waals surface area contributed by atoms with Crippen molar-refractivity contribution >= 4 is 39.8 Å². The Kier molecular flexibility index (Phi) is 11.5. The second-order valence-corrected chi connectivity index (χ2v) is 12.9. The molecule has 2 heterocycles. The maximum Gasteiger partial charge on any atom is 0.124 e. The Morgan fingerprint density at radius 3 is 1.40 bits per heavy atom. The summed E-state index contributed by atoms with van der Waals surface area (Å²) >= 11 is 3.34. The maximum absolute atomic E-state index is 8.48. The van der Waals surface area contributed by atoms with Crippen LogP contribution in [0.3, 0.4) is 0 Å². The highest BCUT2D eigenvalue weighted by molar-refractivity contribution is 7.17. The summed E-state index contributed by atoms with van der Waals surface area (Å²) in [5.74, 6) is 0. The molecule has 4 aromatic rings. The largest absolute Gasteiger partial charge is 0.306 e. The minimum atomic E-state index is 0.332. The standard InChI is InChI=1S/C35H43N5S2/c1-7-9-11-27-13-17-29(18-14-27)34-39-25(5)32(41-34)23(3)37-21-31(36)22-38-24(4)33-26(6)40-35(42-33)30-19-15-28(16-20-30)12-10-8-2/h13-20,36H,7-12,21-22H2,1-6H3. The van der Waals surface area contributed by atoms with Gasteiger partial charge in [-0.25, -0.2) is 9.97 Å². The minimum Gasteiger partial charge on any atom is -0.306 e. The second-order valence-electron chi connectivity index (χ2n) is 10.9. The number of aryl methyl sites for hydroxylation is 4. The molecule has 0 bridgehead atoms. The predicted octanol–water partition coefficient (Wildman–Crippen LogP) is 9.57. The third-order valence-corrected chi connectivity index (χ3v) is 9.93. The fourth-order valence-corrected chi connectivity index (χ4v) is 6.79. The van der Waals surface area contributed by atoms with Gasteiger partial charge in [0.05, 0.1) is 51.4 Å². The van der Waals surface area contributed by atoms with Gasteiger partial charge in [-0.05, 0) is 64.5 Å². The van der Waals surface area contributed by atoms with E-state index in [1.54, 1.807) is 22.7 Å². The minimum absolute atomic E-state index is 0.332. The van der Waals surface area contributed by atoms with Crippen molar-refractivity contribution in [1.29, 1.82) is 5.41 Å². The Hall–Kier alpha value is -3.29. The van der Waals surface area contributed by atoms with Crippen molar-refractivity contribution in [3.05, 3.63) is 80.8 Å². The van der Waals surface area contributed by atoms with E-state index in [1.807, 2.05) is 27.7 Å². The Balaban J connectivity index is 1.36. The molecule has 2 aromatic carbocycles. The highest BCUT2D eigenvalue weighted by Crippen LogP contribution is 2.30. The number of nitrogens with zero attached hydrogens (tertiary/aromatic N) is 4. The van der Waals surface area contributed by atoms with Gasteiger partial charge in [-0.3, -0.25) is 9.98 Å². The second kappa shape index (κ2) is 15.3. The lowest BCUT2D eigenvalue weighted by Crippen LogP contribution is -2.10. The quantitative estimate of drug-likeness (QED) is 0.147. The molecule has 220 valence electrons. The zero-order valence-corrected chi connectivity index (χ0v) is 27.5. The van der Waals surface area contributed by atoms with Crippen LogP contribution in [0.2, 0.25) is 0 Å². The predicted molar refractivity (Wildman–Crippen MR) is 184 cm³/mol. The van der Waals surface area contributed by atoms with E-state index >= 15 is 0 Å². The number of benzene rings is 2. The topological polar surface area (TPSA) is 74.3 Å². The number of hydrogen-bond donors (Lipinski definition) is 1. The monoisotopic (exact) mass is 597 g/mol. The third kappa shape index (κ3) is 8.39. The molecule has 0 unspecified atom stereocenters. The van der Waals surface area contributed by atoms with Crippen LogP contribution < -0.4 is 0 Å². The molecule has 0 aliphatic carbocycles. The van der Waals surface area contributed by atoms with Crippen molar-refractivity contribution in [2.24, 2.45) is 9.98 Å². The number of hydrogen-bond acceptors (Lipinski definition) is 7. The molecule has 0 spiro atoms. The van der Waals surface area contributed by atoms with Crippen molar-refractivity contribution in [2.45, 2.75) is 80.1 Å². The molecule has 1 N–H and O–H groups in total. The highest BCUT2D eigenvalue weighted by Gasteiger charge is 2.14.